The van der Waals surface area contributed by atoms with Crippen LogP contribution < -0.4 is 9.47 Å². The molecule has 130 valence electrons. The first-order chi connectivity index (χ1) is 12.7. The molecule has 4 rings (SSSR count). The third-order valence-electron chi connectivity index (χ3n) is 4.01. The fourth-order valence-corrected chi connectivity index (χ4v) is 4.33. The monoisotopic (exact) mass is 425 g/mol. The minimum Gasteiger partial charge on any atom is -0.493 e. The van der Waals surface area contributed by atoms with Crippen molar-refractivity contribution in [3.05, 3.63) is 76.8 Å². The number of nitrogens with zero attached hydrogens (tertiary/aromatic N) is 1. The Morgan fingerprint density at radius 1 is 0.962 bits per heavy atom. The van der Waals surface area contributed by atoms with E-state index in [1.54, 1.807) is 18.4 Å². The number of para-hydroxylation sites is 1. The third-order valence-corrected chi connectivity index (χ3v) is 5.74. The van der Waals surface area contributed by atoms with Crippen molar-refractivity contribution in [2.75, 3.05) is 7.11 Å². The van der Waals surface area contributed by atoms with Gasteiger partial charge in [0.2, 0.25) is 0 Å². The number of benzene rings is 3. The number of halogens is 1. The zero-order valence-electron chi connectivity index (χ0n) is 14.1. The van der Waals surface area contributed by atoms with Crippen LogP contribution in [-0.4, -0.2) is 12.1 Å². The topological polar surface area (TPSA) is 31.4 Å². The van der Waals surface area contributed by atoms with E-state index in [0.717, 1.165) is 30.8 Å². The van der Waals surface area contributed by atoms with Crippen LogP contribution in [0.1, 0.15) is 5.56 Å². The molecule has 0 aliphatic rings. The summed E-state index contributed by atoms with van der Waals surface area (Å²) in [6.07, 6.45) is 0. The number of fused-ring (bicyclic) bond motifs is 1. The zero-order chi connectivity index (χ0) is 17.9. The van der Waals surface area contributed by atoms with Gasteiger partial charge in [-0.25, -0.2) is 4.98 Å². The number of rotatable bonds is 5. The van der Waals surface area contributed by atoms with E-state index in [9.17, 15) is 0 Å². The van der Waals surface area contributed by atoms with Crippen molar-refractivity contribution < 1.29 is 9.47 Å². The maximum atomic E-state index is 5.97. The highest BCUT2D eigenvalue weighted by Crippen LogP contribution is 2.41. The predicted octanol–water partition coefficient (Wildman–Crippen LogP) is 6.31. The third kappa shape index (κ3) is 3.45. The molecule has 0 amide bonds. The molecule has 1 aromatic heterocycles. The minimum absolute atomic E-state index is 0.490. The Hall–Kier alpha value is -2.37. The summed E-state index contributed by atoms with van der Waals surface area (Å²) >= 11 is 5.32. The van der Waals surface area contributed by atoms with Crippen molar-refractivity contribution in [1.29, 1.82) is 0 Å². The molecule has 0 spiro atoms. The van der Waals surface area contributed by atoms with Crippen molar-refractivity contribution in [1.82, 2.24) is 4.98 Å². The summed E-state index contributed by atoms with van der Waals surface area (Å²) in [5, 5.41) is 0.950. The first kappa shape index (κ1) is 17.1. The van der Waals surface area contributed by atoms with E-state index in [-0.39, 0.29) is 0 Å². The molecular formula is C21H16BrNO2S. The number of thiazole rings is 1. The molecule has 1 heterocycles. The molecular weight excluding hydrogens is 410 g/mol. The molecule has 0 N–H and O–H groups in total. The summed E-state index contributed by atoms with van der Waals surface area (Å²) in [4.78, 5) is 4.73. The Kier molecular flexibility index (Phi) is 4.91. The molecule has 0 radical (unpaired) electrons. The van der Waals surface area contributed by atoms with E-state index in [1.807, 2.05) is 60.7 Å². The lowest BCUT2D eigenvalue weighted by Crippen LogP contribution is -1.98. The maximum Gasteiger partial charge on any atom is 0.162 e. The molecule has 0 saturated heterocycles. The van der Waals surface area contributed by atoms with Crippen LogP contribution in [0.5, 0.6) is 11.5 Å². The number of ether oxygens (including phenoxy) is 2. The Morgan fingerprint density at radius 2 is 1.73 bits per heavy atom. The van der Waals surface area contributed by atoms with Gasteiger partial charge in [0.1, 0.15) is 11.6 Å². The Morgan fingerprint density at radius 3 is 2.50 bits per heavy atom. The average molecular weight is 426 g/mol. The molecule has 26 heavy (non-hydrogen) atoms. The van der Waals surface area contributed by atoms with E-state index in [2.05, 4.69) is 22.0 Å². The van der Waals surface area contributed by atoms with Gasteiger partial charge >= 0.3 is 0 Å². The van der Waals surface area contributed by atoms with Crippen molar-refractivity contribution >= 4 is 37.5 Å². The van der Waals surface area contributed by atoms with Crippen LogP contribution in [0.2, 0.25) is 0 Å². The highest BCUT2D eigenvalue weighted by molar-refractivity contribution is 9.10. The van der Waals surface area contributed by atoms with Gasteiger partial charge in [-0.05, 0) is 45.8 Å². The summed E-state index contributed by atoms with van der Waals surface area (Å²) in [7, 11) is 1.65. The first-order valence-corrected chi connectivity index (χ1v) is 9.76. The highest BCUT2D eigenvalue weighted by Gasteiger charge is 2.15. The molecule has 4 aromatic rings. The molecule has 0 saturated carbocycles. The quantitative estimate of drug-likeness (QED) is 0.375. The second kappa shape index (κ2) is 7.48. The van der Waals surface area contributed by atoms with Gasteiger partial charge in [0.25, 0.3) is 0 Å². The zero-order valence-corrected chi connectivity index (χ0v) is 16.5. The van der Waals surface area contributed by atoms with Gasteiger partial charge in [0, 0.05) is 10.0 Å². The van der Waals surface area contributed by atoms with E-state index < -0.39 is 0 Å². The lowest BCUT2D eigenvalue weighted by atomic mass is 10.2. The Labute approximate surface area is 164 Å². The smallest absolute Gasteiger partial charge is 0.162 e. The largest absolute Gasteiger partial charge is 0.493 e. The van der Waals surface area contributed by atoms with Crippen molar-refractivity contribution in [2.24, 2.45) is 0 Å². The fraction of sp³-hybridized carbons (Fsp3) is 0.0952. The molecule has 0 aliphatic carbocycles. The van der Waals surface area contributed by atoms with Gasteiger partial charge in [0.05, 0.1) is 17.3 Å². The van der Waals surface area contributed by atoms with Gasteiger partial charge in [-0.2, -0.15) is 0 Å². The van der Waals surface area contributed by atoms with Gasteiger partial charge in [-0.15, -0.1) is 11.3 Å². The minimum atomic E-state index is 0.490. The Balaban J connectivity index is 1.67. The van der Waals surface area contributed by atoms with E-state index in [4.69, 9.17) is 14.5 Å². The standard InChI is InChI=1S/C21H16BrNO2S/c1-24-18-11-15(21-23-17-9-5-6-10-20(17)26-21)16(22)12-19(18)25-13-14-7-3-2-4-8-14/h2-12H,13H2,1H3. The molecule has 3 nitrogen and oxygen atoms in total. The van der Waals surface area contributed by atoms with Crippen LogP contribution in [-0.2, 0) is 6.61 Å². The fourth-order valence-electron chi connectivity index (χ4n) is 2.69. The summed E-state index contributed by atoms with van der Waals surface area (Å²) in [6, 6.07) is 22.1. The van der Waals surface area contributed by atoms with Crippen molar-refractivity contribution in [3.8, 4) is 22.1 Å². The normalized spacial score (nSPS) is 10.8. The number of methoxy groups -OCH3 is 1. The molecule has 0 aliphatic heterocycles. The van der Waals surface area contributed by atoms with E-state index in [1.165, 1.54) is 0 Å². The van der Waals surface area contributed by atoms with Crippen LogP contribution in [0.15, 0.2) is 71.2 Å². The van der Waals surface area contributed by atoms with Crippen LogP contribution in [0.3, 0.4) is 0 Å². The van der Waals surface area contributed by atoms with Gasteiger partial charge < -0.3 is 9.47 Å². The number of aromatic nitrogens is 1. The summed E-state index contributed by atoms with van der Waals surface area (Å²) in [5.41, 5.74) is 3.11. The van der Waals surface area contributed by atoms with Crippen LogP contribution in [0.4, 0.5) is 0 Å². The second-order valence-corrected chi connectivity index (χ2v) is 7.63. The number of hydrogen-bond donors (Lipinski definition) is 0. The van der Waals surface area contributed by atoms with Crippen molar-refractivity contribution in [3.63, 3.8) is 0 Å². The van der Waals surface area contributed by atoms with Crippen molar-refractivity contribution in [2.45, 2.75) is 6.61 Å². The second-order valence-electron chi connectivity index (χ2n) is 5.74. The van der Waals surface area contributed by atoms with Gasteiger partial charge in [0.15, 0.2) is 11.5 Å². The molecule has 5 heteroatoms. The summed E-state index contributed by atoms with van der Waals surface area (Å²) in [5.74, 6) is 1.39. The summed E-state index contributed by atoms with van der Waals surface area (Å²) < 4.78 is 13.6. The van der Waals surface area contributed by atoms with Gasteiger partial charge in [-0.3, -0.25) is 0 Å². The van der Waals surface area contributed by atoms with Crippen LogP contribution in [0.25, 0.3) is 20.8 Å². The molecule has 0 fully saturated rings. The highest BCUT2D eigenvalue weighted by atomic mass is 79.9. The number of hydrogen-bond acceptors (Lipinski definition) is 4. The SMILES string of the molecule is COc1cc(-c2nc3ccccc3s2)c(Br)cc1OCc1ccccc1. The average Bonchev–Trinajstić information content (AvgIpc) is 3.11. The maximum absolute atomic E-state index is 5.97. The van der Waals surface area contributed by atoms with Crippen LogP contribution in [0, 0.1) is 0 Å². The van der Waals surface area contributed by atoms with Crippen LogP contribution >= 0.6 is 27.3 Å². The first-order valence-electron chi connectivity index (χ1n) is 8.15. The molecule has 0 unspecified atom stereocenters. The molecule has 3 aromatic carbocycles. The lowest BCUT2D eigenvalue weighted by molar-refractivity contribution is 0.284. The molecule has 0 atom stereocenters. The van der Waals surface area contributed by atoms with E-state index in [0.29, 0.717) is 18.1 Å². The predicted molar refractivity (Wildman–Crippen MR) is 110 cm³/mol. The Bertz CT molecular complexity index is 1010. The lowest BCUT2D eigenvalue weighted by Gasteiger charge is -2.13. The summed E-state index contributed by atoms with van der Waals surface area (Å²) in [6.45, 7) is 0.490. The van der Waals surface area contributed by atoms with Gasteiger partial charge in [-0.1, -0.05) is 42.5 Å². The molecule has 0 bridgehead atoms. The van der Waals surface area contributed by atoms with E-state index >= 15 is 0 Å².